The van der Waals surface area contributed by atoms with Crippen LogP contribution in [0.4, 0.5) is 0 Å². The highest BCUT2D eigenvalue weighted by molar-refractivity contribution is 5.88. The second kappa shape index (κ2) is 4.67. The standard InChI is InChI=1S/C15H23NO2/c1-9(10-5-6-10)16-15(18)13-7-11-3-2-4-12(8-13)14(11)17/h9-13H,2-8H2,1H3,(H,16,18)/t9-,11-,12+,13?/m0/s1. The molecule has 100 valence electrons. The number of rotatable bonds is 3. The van der Waals surface area contributed by atoms with Crippen LogP contribution in [0.3, 0.4) is 0 Å². The molecule has 1 N–H and O–H groups in total. The molecule has 0 saturated heterocycles. The first-order valence-electron chi connectivity index (χ1n) is 7.49. The van der Waals surface area contributed by atoms with Gasteiger partial charge in [0.2, 0.25) is 5.91 Å². The van der Waals surface area contributed by atoms with E-state index in [0.29, 0.717) is 17.7 Å². The van der Waals surface area contributed by atoms with Gasteiger partial charge in [-0.3, -0.25) is 9.59 Å². The number of carbonyl (C=O) groups excluding carboxylic acids is 2. The number of ketones is 1. The summed E-state index contributed by atoms with van der Waals surface area (Å²) >= 11 is 0. The molecule has 1 unspecified atom stereocenters. The van der Waals surface area contributed by atoms with Crippen LogP contribution in [0.5, 0.6) is 0 Å². The van der Waals surface area contributed by atoms with E-state index in [4.69, 9.17) is 0 Å². The predicted molar refractivity (Wildman–Crippen MR) is 68.9 cm³/mol. The summed E-state index contributed by atoms with van der Waals surface area (Å²) in [5.41, 5.74) is 0. The number of hydrogen-bond donors (Lipinski definition) is 1. The quantitative estimate of drug-likeness (QED) is 0.834. The van der Waals surface area contributed by atoms with Gasteiger partial charge in [-0.25, -0.2) is 0 Å². The van der Waals surface area contributed by atoms with Gasteiger partial charge in [0, 0.05) is 23.8 Å². The van der Waals surface area contributed by atoms with E-state index in [-0.39, 0.29) is 23.7 Å². The molecule has 3 aliphatic carbocycles. The summed E-state index contributed by atoms with van der Waals surface area (Å²) in [5, 5.41) is 3.17. The Kier molecular flexibility index (Phi) is 3.16. The van der Waals surface area contributed by atoms with Crippen molar-refractivity contribution in [3.63, 3.8) is 0 Å². The molecule has 3 saturated carbocycles. The first kappa shape index (κ1) is 12.2. The van der Waals surface area contributed by atoms with E-state index in [2.05, 4.69) is 12.2 Å². The average molecular weight is 249 g/mol. The second-order valence-corrected chi connectivity index (χ2v) is 6.53. The fourth-order valence-electron chi connectivity index (χ4n) is 3.75. The highest BCUT2D eigenvalue weighted by atomic mass is 16.2. The molecule has 0 aromatic carbocycles. The van der Waals surface area contributed by atoms with Crippen molar-refractivity contribution in [2.75, 3.05) is 0 Å². The summed E-state index contributed by atoms with van der Waals surface area (Å²) < 4.78 is 0. The van der Waals surface area contributed by atoms with Gasteiger partial charge in [-0.2, -0.15) is 0 Å². The Morgan fingerprint density at radius 3 is 2.33 bits per heavy atom. The molecular formula is C15H23NO2. The zero-order chi connectivity index (χ0) is 12.7. The number of nitrogens with one attached hydrogen (secondary N) is 1. The van der Waals surface area contributed by atoms with Crippen LogP contribution in [0, 0.1) is 23.7 Å². The van der Waals surface area contributed by atoms with Crippen LogP contribution >= 0.6 is 0 Å². The first-order valence-corrected chi connectivity index (χ1v) is 7.49. The van der Waals surface area contributed by atoms with Crippen molar-refractivity contribution < 1.29 is 9.59 Å². The van der Waals surface area contributed by atoms with Crippen molar-refractivity contribution in [3.05, 3.63) is 0 Å². The molecule has 0 aliphatic heterocycles. The third-order valence-electron chi connectivity index (χ3n) is 5.12. The summed E-state index contributed by atoms with van der Waals surface area (Å²) in [5.74, 6) is 1.83. The molecule has 3 fully saturated rings. The minimum Gasteiger partial charge on any atom is -0.353 e. The fourth-order valence-corrected chi connectivity index (χ4v) is 3.75. The predicted octanol–water partition coefficient (Wildman–Crippen LogP) is 2.30. The SMILES string of the molecule is C[C@H](NC(=O)C1C[C@H]2CCC[C@@H](C1)C2=O)C1CC1. The Morgan fingerprint density at radius 1 is 1.17 bits per heavy atom. The molecule has 3 heteroatoms. The van der Waals surface area contributed by atoms with Crippen LogP contribution in [0.15, 0.2) is 0 Å². The van der Waals surface area contributed by atoms with Crippen LogP contribution in [0.1, 0.15) is 51.9 Å². The zero-order valence-electron chi connectivity index (χ0n) is 11.2. The van der Waals surface area contributed by atoms with E-state index in [0.717, 1.165) is 25.7 Å². The van der Waals surface area contributed by atoms with Gasteiger partial charge in [-0.1, -0.05) is 6.42 Å². The van der Waals surface area contributed by atoms with Crippen molar-refractivity contribution >= 4 is 11.7 Å². The second-order valence-electron chi connectivity index (χ2n) is 6.53. The normalized spacial score (nSPS) is 37.2. The molecular weight excluding hydrogens is 226 g/mol. The Morgan fingerprint density at radius 2 is 1.78 bits per heavy atom. The summed E-state index contributed by atoms with van der Waals surface area (Å²) in [6.45, 7) is 2.12. The van der Waals surface area contributed by atoms with E-state index in [1.807, 2.05) is 0 Å². The molecule has 2 bridgehead atoms. The van der Waals surface area contributed by atoms with Gasteiger partial charge >= 0.3 is 0 Å². The minimum absolute atomic E-state index is 0.0965. The maximum atomic E-state index is 12.3. The van der Waals surface area contributed by atoms with E-state index in [1.165, 1.54) is 19.3 Å². The van der Waals surface area contributed by atoms with Gasteiger partial charge in [0.05, 0.1) is 0 Å². The van der Waals surface area contributed by atoms with Crippen LogP contribution in [-0.4, -0.2) is 17.7 Å². The van der Waals surface area contributed by atoms with Crippen molar-refractivity contribution in [1.82, 2.24) is 5.32 Å². The maximum Gasteiger partial charge on any atom is 0.223 e. The Bertz CT molecular complexity index is 346. The largest absolute Gasteiger partial charge is 0.353 e. The van der Waals surface area contributed by atoms with Crippen LogP contribution in [0.2, 0.25) is 0 Å². The highest BCUT2D eigenvalue weighted by Crippen LogP contribution is 2.40. The smallest absolute Gasteiger partial charge is 0.223 e. The van der Waals surface area contributed by atoms with Gasteiger partial charge < -0.3 is 5.32 Å². The molecule has 0 heterocycles. The van der Waals surface area contributed by atoms with E-state index < -0.39 is 0 Å². The lowest BCUT2D eigenvalue weighted by molar-refractivity contribution is -0.137. The minimum atomic E-state index is 0.0965. The zero-order valence-corrected chi connectivity index (χ0v) is 11.2. The Hall–Kier alpha value is -0.860. The third-order valence-corrected chi connectivity index (χ3v) is 5.12. The molecule has 1 amide bonds. The lowest BCUT2D eigenvalue weighted by atomic mass is 9.67. The number of Topliss-reactive ketones (excluding diaryl/α,β-unsaturated/α-hetero) is 1. The van der Waals surface area contributed by atoms with Gasteiger partial charge in [0.15, 0.2) is 0 Å². The molecule has 3 nitrogen and oxygen atoms in total. The lowest BCUT2D eigenvalue weighted by Crippen LogP contribution is -2.45. The Labute approximate surface area is 109 Å². The molecule has 0 aromatic heterocycles. The summed E-state index contributed by atoms with van der Waals surface area (Å²) in [4.78, 5) is 24.2. The van der Waals surface area contributed by atoms with Gasteiger partial charge in [0.1, 0.15) is 5.78 Å². The van der Waals surface area contributed by atoms with Crippen LogP contribution in [-0.2, 0) is 9.59 Å². The van der Waals surface area contributed by atoms with Crippen molar-refractivity contribution in [3.8, 4) is 0 Å². The number of fused-ring (bicyclic) bond motifs is 2. The third kappa shape index (κ3) is 2.32. The van der Waals surface area contributed by atoms with E-state index in [9.17, 15) is 9.59 Å². The molecule has 0 radical (unpaired) electrons. The summed E-state index contributed by atoms with van der Waals surface area (Å²) in [7, 11) is 0. The number of amides is 1. The number of hydrogen-bond acceptors (Lipinski definition) is 2. The molecule has 18 heavy (non-hydrogen) atoms. The van der Waals surface area contributed by atoms with Crippen LogP contribution < -0.4 is 5.32 Å². The topological polar surface area (TPSA) is 46.2 Å². The van der Waals surface area contributed by atoms with Gasteiger partial charge in [-0.05, 0) is 51.4 Å². The fraction of sp³-hybridized carbons (Fsp3) is 0.867. The van der Waals surface area contributed by atoms with Gasteiger partial charge in [-0.15, -0.1) is 0 Å². The molecule has 0 spiro atoms. The average Bonchev–Trinajstić information content (AvgIpc) is 3.11. The van der Waals surface area contributed by atoms with Crippen molar-refractivity contribution in [2.45, 2.75) is 57.9 Å². The summed E-state index contributed by atoms with van der Waals surface area (Å²) in [6.07, 6.45) is 7.32. The van der Waals surface area contributed by atoms with E-state index in [1.54, 1.807) is 0 Å². The lowest BCUT2D eigenvalue weighted by Gasteiger charge is -2.37. The number of carbonyl (C=O) groups is 2. The molecule has 0 aromatic rings. The molecule has 4 atom stereocenters. The Balaban J connectivity index is 1.59. The monoisotopic (exact) mass is 249 g/mol. The summed E-state index contributed by atoms with van der Waals surface area (Å²) in [6, 6.07) is 0.329. The first-order chi connectivity index (χ1) is 8.65. The van der Waals surface area contributed by atoms with Crippen molar-refractivity contribution in [2.24, 2.45) is 23.7 Å². The van der Waals surface area contributed by atoms with Crippen LogP contribution in [0.25, 0.3) is 0 Å². The molecule has 3 aliphatic rings. The highest BCUT2D eigenvalue weighted by Gasteiger charge is 2.41. The van der Waals surface area contributed by atoms with Crippen molar-refractivity contribution in [1.29, 1.82) is 0 Å². The van der Waals surface area contributed by atoms with Gasteiger partial charge in [0.25, 0.3) is 0 Å². The molecule has 3 rings (SSSR count). The maximum absolute atomic E-state index is 12.3. The van der Waals surface area contributed by atoms with E-state index >= 15 is 0 Å².